The molecule has 2 N–H and O–H groups in total. The van der Waals surface area contributed by atoms with Crippen molar-refractivity contribution in [3.8, 4) is 0 Å². The van der Waals surface area contributed by atoms with Crippen molar-refractivity contribution in [1.29, 1.82) is 0 Å². The lowest BCUT2D eigenvalue weighted by molar-refractivity contribution is 0.436. The van der Waals surface area contributed by atoms with Crippen LogP contribution >= 0.6 is 28.3 Å². The average molecular weight is 269 g/mol. The molecule has 0 aromatic heterocycles. The molecule has 1 aromatic carbocycles. The van der Waals surface area contributed by atoms with Gasteiger partial charge in [0.15, 0.2) is 0 Å². The third kappa shape index (κ3) is 3.25. The van der Waals surface area contributed by atoms with Gasteiger partial charge in [0.2, 0.25) is 0 Å². The van der Waals surface area contributed by atoms with Gasteiger partial charge in [0, 0.05) is 4.47 Å². The van der Waals surface area contributed by atoms with Gasteiger partial charge in [-0.2, -0.15) is 0 Å². The van der Waals surface area contributed by atoms with E-state index in [9.17, 15) is 4.39 Å². The predicted molar refractivity (Wildman–Crippen MR) is 59.0 cm³/mol. The van der Waals surface area contributed by atoms with Crippen molar-refractivity contribution in [3.05, 3.63) is 33.8 Å². The normalized spacial score (nSPS) is 12.0. The molecular formula is C9H12BrClFN. The Hall–Kier alpha value is -0.120. The molecule has 74 valence electrons. The molecule has 1 nitrogen and oxygen atoms in total. The average Bonchev–Trinajstić information content (AvgIpc) is 2.08. The van der Waals surface area contributed by atoms with E-state index in [1.807, 2.05) is 25.1 Å². The Kier molecular flexibility index (Phi) is 5.53. The van der Waals surface area contributed by atoms with E-state index in [0.29, 0.717) is 0 Å². The Labute approximate surface area is 92.1 Å². The standard InChI is InChI=1S/C9H11BrFN.ClH/c1-6-2-3-7(10)4-8(6)9(12)5-11;/h2-4,9H,5,12H2,1H3;1H/t9-;/m1./s1. The van der Waals surface area contributed by atoms with Crippen LogP contribution in [0.15, 0.2) is 22.7 Å². The van der Waals surface area contributed by atoms with Crippen molar-refractivity contribution in [1.82, 2.24) is 0 Å². The molecule has 0 spiro atoms. The highest BCUT2D eigenvalue weighted by atomic mass is 79.9. The molecular weight excluding hydrogens is 256 g/mol. The highest BCUT2D eigenvalue weighted by molar-refractivity contribution is 9.10. The zero-order chi connectivity index (χ0) is 9.14. The first-order valence-electron chi connectivity index (χ1n) is 3.72. The van der Waals surface area contributed by atoms with Crippen molar-refractivity contribution in [2.75, 3.05) is 6.67 Å². The van der Waals surface area contributed by atoms with Gasteiger partial charge in [-0.1, -0.05) is 22.0 Å². The van der Waals surface area contributed by atoms with Gasteiger partial charge in [-0.15, -0.1) is 12.4 Å². The number of aryl methyl sites for hydroxylation is 1. The van der Waals surface area contributed by atoms with Gasteiger partial charge in [-0.25, -0.2) is 4.39 Å². The van der Waals surface area contributed by atoms with E-state index in [1.165, 1.54) is 0 Å². The molecule has 0 aliphatic carbocycles. The Morgan fingerprint density at radius 2 is 2.15 bits per heavy atom. The topological polar surface area (TPSA) is 26.0 Å². The number of nitrogens with two attached hydrogens (primary N) is 1. The summed E-state index contributed by atoms with van der Waals surface area (Å²) in [6, 6.07) is 5.21. The predicted octanol–water partition coefficient (Wildman–Crippen LogP) is 3.15. The van der Waals surface area contributed by atoms with E-state index in [4.69, 9.17) is 5.73 Å². The molecule has 0 aliphatic rings. The molecule has 0 unspecified atom stereocenters. The van der Waals surface area contributed by atoms with Crippen LogP contribution in [-0.2, 0) is 0 Å². The number of hydrogen-bond acceptors (Lipinski definition) is 1. The fourth-order valence-electron chi connectivity index (χ4n) is 1.09. The Morgan fingerprint density at radius 3 is 2.69 bits per heavy atom. The zero-order valence-electron chi connectivity index (χ0n) is 7.26. The van der Waals surface area contributed by atoms with Crippen LogP contribution in [-0.4, -0.2) is 6.67 Å². The fourth-order valence-corrected chi connectivity index (χ4v) is 1.47. The molecule has 0 radical (unpaired) electrons. The van der Waals surface area contributed by atoms with Crippen molar-refractivity contribution in [2.24, 2.45) is 5.73 Å². The molecule has 0 bridgehead atoms. The molecule has 0 amide bonds. The first-order chi connectivity index (χ1) is 5.65. The van der Waals surface area contributed by atoms with Gasteiger partial charge in [0.1, 0.15) is 6.67 Å². The summed E-state index contributed by atoms with van der Waals surface area (Å²) in [7, 11) is 0. The summed E-state index contributed by atoms with van der Waals surface area (Å²) in [4.78, 5) is 0. The third-order valence-electron chi connectivity index (χ3n) is 1.81. The minimum Gasteiger partial charge on any atom is -0.322 e. The SMILES string of the molecule is Cc1ccc(Br)cc1[C@H](N)CF.Cl. The molecule has 0 fully saturated rings. The third-order valence-corrected chi connectivity index (χ3v) is 2.30. The summed E-state index contributed by atoms with van der Waals surface area (Å²) in [5.41, 5.74) is 7.47. The van der Waals surface area contributed by atoms with Crippen LogP contribution in [0.2, 0.25) is 0 Å². The molecule has 0 saturated carbocycles. The molecule has 1 aromatic rings. The van der Waals surface area contributed by atoms with Crippen LogP contribution in [0.5, 0.6) is 0 Å². The number of hydrogen-bond donors (Lipinski definition) is 1. The maximum atomic E-state index is 12.2. The van der Waals surface area contributed by atoms with Crippen LogP contribution in [0.4, 0.5) is 4.39 Å². The van der Waals surface area contributed by atoms with Crippen LogP contribution in [0.25, 0.3) is 0 Å². The summed E-state index contributed by atoms with van der Waals surface area (Å²) in [5.74, 6) is 0. The molecule has 0 aliphatic heterocycles. The highest BCUT2D eigenvalue weighted by Crippen LogP contribution is 2.20. The Morgan fingerprint density at radius 1 is 1.54 bits per heavy atom. The fraction of sp³-hybridized carbons (Fsp3) is 0.333. The summed E-state index contributed by atoms with van der Waals surface area (Å²) in [6.07, 6.45) is 0. The first kappa shape index (κ1) is 12.9. The van der Waals surface area contributed by atoms with Crippen LogP contribution in [0.3, 0.4) is 0 Å². The highest BCUT2D eigenvalue weighted by Gasteiger charge is 2.08. The minimum absolute atomic E-state index is 0. The molecule has 1 rings (SSSR count). The monoisotopic (exact) mass is 267 g/mol. The van der Waals surface area contributed by atoms with Crippen molar-refractivity contribution >= 4 is 28.3 Å². The summed E-state index contributed by atoms with van der Waals surface area (Å²) < 4.78 is 13.2. The molecule has 4 heteroatoms. The van der Waals surface area contributed by atoms with E-state index < -0.39 is 12.7 Å². The van der Waals surface area contributed by atoms with Gasteiger partial charge in [0.25, 0.3) is 0 Å². The summed E-state index contributed by atoms with van der Waals surface area (Å²) in [5, 5.41) is 0. The van der Waals surface area contributed by atoms with E-state index in [1.54, 1.807) is 0 Å². The number of alkyl halides is 1. The van der Waals surface area contributed by atoms with E-state index >= 15 is 0 Å². The second kappa shape index (κ2) is 5.58. The van der Waals surface area contributed by atoms with Crippen LogP contribution in [0, 0.1) is 6.92 Å². The van der Waals surface area contributed by atoms with E-state index in [-0.39, 0.29) is 12.4 Å². The molecule has 0 saturated heterocycles. The van der Waals surface area contributed by atoms with Crippen LogP contribution in [0.1, 0.15) is 17.2 Å². The lowest BCUT2D eigenvalue weighted by atomic mass is 10.0. The maximum absolute atomic E-state index is 12.2. The second-order valence-corrected chi connectivity index (χ2v) is 3.68. The van der Waals surface area contributed by atoms with Crippen LogP contribution < -0.4 is 5.73 Å². The van der Waals surface area contributed by atoms with Gasteiger partial charge in [0.05, 0.1) is 6.04 Å². The zero-order valence-corrected chi connectivity index (χ0v) is 9.66. The minimum atomic E-state index is -0.517. The quantitative estimate of drug-likeness (QED) is 0.876. The van der Waals surface area contributed by atoms with Gasteiger partial charge in [-0.3, -0.25) is 0 Å². The maximum Gasteiger partial charge on any atom is 0.109 e. The number of benzene rings is 1. The molecule has 1 atom stereocenters. The van der Waals surface area contributed by atoms with Gasteiger partial charge < -0.3 is 5.73 Å². The number of rotatable bonds is 2. The van der Waals surface area contributed by atoms with Crippen molar-refractivity contribution in [2.45, 2.75) is 13.0 Å². The van der Waals surface area contributed by atoms with Crippen molar-refractivity contribution < 1.29 is 4.39 Å². The van der Waals surface area contributed by atoms with Gasteiger partial charge >= 0.3 is 0 Å². The smallest absolute Gasteiger partial charge is 0.109 e. The van der Waals surface area contributed by atoms with Crippen molar-refractivity contribution in [3.63, 3.8) is 0 Å². The number of halogens is 3. The van der Waals surface area contributed by atoms with E-state index in [2.05, 4.69) is 15.9 Å². The Balaban J connectivity index is 0.00000144. The lowest BCUT2D eigenvalue weighted by Gasteiger charge is -2.10. The Bertz CT molecular complexity index is 280. The lowest BCUT2D eigenvalue weighted by Crippen LogP contribution is -2.13. The summed E-state index contributed by atoms with van der Waals surface area (Å²) in [6.45, 7) is 1.41. The second-order valence-electron chi connectivity index (χ2n) is 2.76. The molecule has 13 heavy (non-hydrogen) atoms. The first-order valence-corrected chi connectivity index (χ1v) is 4.52. The largest absolute Gasteiger partial charge is 0.322 e. The summed E-state index contributed by atoms with van der Waals surface area (Å²) >= 11 is 3.32. The molecule has 0 heterocycles. The van der Waals surface area contributed by atoms with E-state index in [0.717, 1.165) is 15.6 Å². The van der Waals surface area contributed by atoms with Gasteiger partial charge in [-0.05, 0) is 30.2 Å².